The quantitative estimate of drug-likeness (QED) is 0.881. The summed E-state index contributed by atoms with van der Waals surface area (Å²) in [4.78, 5) is 16.1. The molecule has 9 heteroatoms. The van der Waals surface area contributed by atoms with E-state index in [2.05, 4.69) is 10.3 Å². The largest absolute Gasteiger partial charge is 0.375 e. The maximum atomic E-state index is 12.6. The molecule has 3 rings (SSSR count). The van der Waals surface area contributed by atoms with Crippen molar-refractivity contribution in [3.63, 3.8) is 0 Å². The number of fused-ring (bicyclic) bond motifs is 1. The molecule has 1 saturated heterocycles. The van der Waals surface area contributed by atoms with Crippen LogP contribution < -0.4 is 5.32 Å². The molecule has 0 spiro atoms. The number of methoxy groups -OCH3 is 1. The second-order valence-corrected chi connectivity index (χ2v) is 8.21. The zero-order valence-electron chi connectivity index (χ0n) is 12.6. The van der Waals surface area contributed by atoms with Crippen molar-refractivity contribution in [3.05, 3.63) is 18.2 Å². The smallest absolute Gasteiger partial charge is 0.252 e. The fraction of sp³-hybridized carbons (Fsp3) is 0.429. The van der Waals surface area contributed by atoms with Gasteiger partial charge in [0.25, 0.3) is 5.91 Å². The van der Waals surface area contributed by atoms with Gasteiger partial charge >= 0.3 is 0 Å². The Morgan fingerprint density at radius 1 is 1.39 bits per heavy atom. The second kappa shape index (κ2) is 6.52. The number of amides is 1. The molecule has 7 nitrogen and oxygen atoms in total. The van der Waals surface area contributed by atoms with E-state index in [-0.39, 0.29) is 17.4 Å². The van der Waals surface area contributed by atoms with E-state index >= 15 is 0 Å². The van der Waals surface area contributed by atoms with Gasteiger partial charge in [0.15, 0.2) is 5.13 Å². The summed E-state index contributed by atoms with van der Waals surface area (Å²) < 4.78 is 32.1. The molecule has 23 heavy (non-hydrogen) atoms. The van der Waals surface area contributed by atoms with E-state index in [1.807, 2.05) is 0 Å². The van der Waals surface area contributed by atoms with Gasteiger partial charge in [0.2, 0.25) is 10.0 Å². The monoisotopic (exact) mass is 355 g/mol. The highest BCUT2D eigenvalue weighted by Gasteiger charge is 2.27. The number of aromatic nitrogens is 1. The number of nitrogens with zero attached hydrogens (tertiary/aromatic N) is 2. The number of nitrogens with one attached hydrogen (secondary N) is 1. The molecule has 1 aliphatic heterocycles. The molecule has 0 radical (unpaired) electrons. The average molecular weight is 355 g/mol. The molecule has 1 aromatic carbocycles. The number of carbonyl (C=O) groups excluding carboxylic acids is 1. The standard InChI is InChI=1S/C14H17N3O4S2/c1-21-9-13(18)16-14-15-11-5-4-10(8-12(11)22-14)23(19,20)17-6-2-3-7-17/h4-5,8H,2-3,6-7,9H2,1H3,(H,15,16,18). The maximum absolute atomic E-state index is 12.6. The summed E-state index contributed by atoms with van der Waals surface area (Å²) >= 11 is 1.24. The topological polar surface area (TPSA) is 88.6 Å². The second-order valence-electron chi connectivity index (χ2n) is 5.24. The Morgan fingerprint density at radius 3 is 2.83 bits per heavy atom. The van der Waals surface area contributed by atoms with Gasteiger partial charge in [0.1, 0.15) is 6.61 Å². The molecule has 0 aliphatic carbocycles. The van der Waals surface area contributed by atoms with Gasteiger partial charge in [-0.3, -0.25) is 10.1 Å². The minimum atomic E-state index is -3.45. The zero-order valence-corrected chi connectivity index (χ0v) is 14.2. The Bertz CT molecular complexity index is 826. The molecule has 1 amide bonds. The number of ether oxygens (including phenoxy) is 1. The minimum absolute atomic E-state index is 0.0511. The maximum Gasteiger partial charge on any atom is 0.252 e. The van der Waals surface area contributed by atoms with E-state index in [4.69, 9.17) is 4.74 Å². The predicted octanol–water partition coefficient (Wildman–Crippen LogP) is 1.67. The van der Waals surface area contributed by atoms with E-state index in [1.54, 1.807) is 18.2 Å². The summed E-state index contributed by atoms with van der Waals surface area (Å²) in [6, 6.07) is 4.85. The van der Waals surface area contributed by atoms with Crippen LogP contribution in [0.3, 0.4) is 0 Å². The first-order valence-electron chi connectivity index (χ1n) is 7.20. The first-order chi connectivity index (χ1) is 11.0. The van der Waals surface area contributed by atoms with Crippen molar-refractivity contribution in [3.8, 4) is 0 Å². The van der Waals surface area contributed by atoms with Crippen molar-refractivity contribution in [2.75, 3.05) is 32.1 Å². The highest BCUT2D eigenvalue weighted by molar-refractivity contribution is 7.89. The van der Waals surface area contributed by atoms with Gasteiger partial charge < -0.3 is 4.74 Å². The molecule has 2 heterocycles. The van der Waals surface area contributed by atoms with Crippen molar-refractivity contribution in [2.45, 2.75) is 17.7 Å². The summed E-state index contributed by atoms with van der Waals surface area (Å²) in [5.74, 6) is -0.295. The van der Waals surface area contributed by atoms with Crippen LogP contribution in [0.25, 0.3) is 10.2 Å². The molecule has 2 aromatic rings. The highest BCUT2D eigenvalue weighted by Crippen LogP contribution is 2.30. The first-order valence-corrected chi connectivity index (χ1v) is 9.46. The summed E-state index contributed by atoms with van der Waals surface area (Å²) in [6.45, 7) is 1.09. The number of rotatable bonds is 5. The summed E-state index contributed by atoms with van der Waals surface area (Å²) in [6.07, 6.45) is 1.80. The van der Waals surface area contributed by atoms with Crippen LogP contribution in [0.4, 0.5) is 5.13 Å². The van der Waals surface area contributed by atoms with Crippen LogP contribution in [0.1, 0.15) is 12.8 Å². The van der Waals surface area contributed by atoms with Crippen molar-refractivity contribution >= 4 is 42.6 Å². The van der Waals surface area contributed by atoms with E-state index in [1.165, 1.54) is 22.8 Å². The Kier molecular flexibility index (Phi) is 4.62. The number of benzene rings is 1. The predicted molar refractivity (Wildman–Crippen MR) is 88.1 cm³/mol. The number of hydrogen-bond acceptors (Lipinski definition) is 6. The number of carbonyl (C=O) groups is 1. The zero-order chi connectivity index (χ0) is 16.4. The lowest BCUT2D eigenvalue weighted by atomic mass is 10.3. The number of thiazole rings is 1. The summed E-state index contributed by atoms with van der Waals surface area (Å²) in [5.41, 5.74) is 0.656. The molecule has 0 bridgehead atoms. The van der Waals surface area contributed by atoms with Gasteiger partial charge in [-0.15, -0.1) is 0 Å². The van der Waals surface area contributed by atoms with Gasteiger partial charge in [0.05, 0.1) is 15.1 Å². The van der Waals surface area contributed by atoms with Crippen molar-refractivity contribution in [1.82, 2.24) is 9.29 Å². The third-order valence-corrected chi connectivity index (χ3v) is 6.41. The number of hydrogen-bond donors (Lipinski definition) is 1. The Morgan fingerprint density at radius 2 is 2.13 bits per heavy atom. The summed E-state index contributed by atoms with van der Waals surface area (Å²) in [7, 11) is -2.01. The van der Waals surface area contributed by atoms with E-state index < -0.39 is 10.0 Å². The van der Waals surface area contributed by atoms with Crippen molar-refractivity contribution < 1.29 is 17.9 Å². The molecule has 0 unspecified atom stereocenters. The van der Waals surface area contributed by atoms with Crippen LogP contribution in [-0.4, -0.2) is 50.4 Å². The van der Waals surface area contributed by atoms with E-state index in [9.17, 15) is 13.2 Å². The fourth-order valence-electron chi connectivity index (χ4n) is 2.48. The Labute approximate surface area is 138 Å². The minimum Gasteiger partial charge on any atom is -0.375 e. The van der Waals surface area contributed by atoms with Gasteiger partial charge in [-0.25, -0.2) is 13.4 Å². The number of sulfonamides is 1. The lowest BCUT2D eigenvalue weighted by molar-refractivity contribution is -0.119. The molecule has 124 valence electrons. The normalized spacial score (nSPS) is 16.0. The number of anilines is 1. The Balaban J connectivity index is 1.88. The molecule has 0 saturated carbocycles. The van der Waals surface area contributed by atoms with Crippen molar-refractivity contribution in [1.29, 1.82) is 0 Å². The molecule has 1 aliphatic rings. The van der Waals surface area contributed by atoms with Crippen LogP contribution >= 0.6 is 11.3 Å². The van der Waals surface area contributed by atoms with Crippen LogP contribution in [0.5, 0.6) is 0 Å². The van der Waals surface area contributed by atoms with Gasteiger partial charge in [-0.05, 0) is 31.0 Å². The lowest BCUT2D eigenvalue weighted by Crippen LogP contribution is -2.27. The van der Waals surface area contributed by atoms with E-state index in [0.717, 1.165) is 17.5 Å². The molecular formula is C14H17N3O4S2. The van der Waals surface area contributed by atoms with E-state index in [0.29, 0.717) is 23.7 Å². The van der Waals surface area contributed by atoms with Gasteiger partial charge in [0, 0.05) is 20.2 Å². The molecular weight excluding hydrogens is 338 g/mol. The fourth-order valence-corrected chi connectivity index (χ4v) is 5.02. The molecule has 1 aromatic heterocycles. The third kappa shape index (κ3) is 3.37. The van der Waals surface area contributed by atoms with Crippen molar-refractivity contribution in [2.24, 2.45) is 0 Å². The highest BCUT2D eigenvalue weighted by atomic mass is 32.2. The van der Waals surface area contributed by atoms with Crippen LogP contribution in [0.2, 0.25) is 0 Å². The average Bonchev–Trinajstić information content (AvgIpc) is 3.15. The molecule has 1 N–H and O–H groups in total. The van der Waals surface area contributed by atoms with Gasteiger partial charge in [-0.2, -0.15) is 4.31 Å². The summed E-state index contributed by atoms with van der Waals surface area (Å²) in [5, 5.41) is 3.06. The first kappa shape index (κ1) is 16.3. The van der Waals surface area contributed by atoms with Crippen LogP contribution in [0, 0.1) is 0 Å². The molecule has 0 atom stereocenters. The third-order valence-electron chi connectivity index (χ3n) is 3.58. The molecule has 1 fully saturated rings. The SMILES string of the molecule is COCC(=O)Nc1nc2ccc(S(=O)(=O)N3CCCC3)cc2s1. The van der Waals surface area contributed by atoms with Crippen LogP contribution in [-0.2, 0) is 19.6 Å². The Hall–Kier alpha value is -1.55. The lowest BCUT2D eigenvalue weighted by Gasteiger charge is -2.15. The van der Waals surface area contributed by atoms with Crippen LogP contribution in [0.15, 0.2) is 23.1 Å². The van der Waals surface area contributed by atoms with Gasteiger partial charge in [-0.1, -0.05) is 11.3 Å².